The van der Waals surface area contributed by atoms with E-state index in [0.29, 0.717) is 18.1 Å². The van der Waals surface area contributed by atoms with E-state index in [0.717, 1.165) is 16.9 Å². The van der Waals surface area contributed by atoms with Gasteiger partial charge in [-0.2, -0.15) is 0 Å². The molecule has 0 aliphatic carbocycles. The molecule has 0 unspecified atom stereocenters. The van der Waals surface area contributed by atoms with Crippen molar-refractivity contribution in [2.24, 2.45) is 0 Å². The number of hydrogen-bond acceptors (Lipinski definition) is 2. The molecule has 0 aromatic heterocycles. The molecule has 0 aliphatic rings. The maximum atomic E-state index is 12.5. The molecule has 0 fully saturated rings. The normalized spacial score (nSPS) is 10.9. The topological polar surface area (TPSA) is 21.3 Å². The smallest absolute Gasteiger partial charge is 0.263 e. The molecular weight excluding hydrogens is 296 g/mol. The van der Waals surface area contributed by atoms with Gasteiger partial charge in [-0.15, -0.1) is 0 Å². The summed E-state index contributed by atoms with van der Waals surface area (Å²) in [5, 5.41) is 3.86. The molecule has 5 heteroatoms. The minimum atomic E-state index is -2.43. The number of hydrogen-bond donors (Lipinski definition) is 1. The molecule has 0 amide bonds. The van der Waals surface area contributed by atoms with Gasteiger partial charge in [0.1, 0.15) is 5.75 Å². The van der Waals surface area contributed by atoms with Crippen LogP contribution in [-0.4, -0.2) is 7.11 Å². The zero-order chi connectivity index (χ0) is 15.2. The summed E-state index contributed by atoms with van der Waals surface area (Å²) < 4.78 is 30.2. The average Bonchev–Trinajstić information content (AvgIpc) is 2.49. The number of nitrogens with one attached hydrogen (secondary N) is 1. The third-order valence-electron chi connectivity index (χ3n) is 3.16. The Balaban J connectivity index is 1.95. The summed E-state index contributed by atoms with van der Waals surface area (Å²) in [5.74, 6) is 0.725. The molecule has 0 heterocycles. The summed E-state index contributed by atoms with van der Waals surface area (Å²) in [6, 6.07) is 11.7. The SMILES string of the molecule is COc1cccc(Cl)c1CNCc1ccc(C(F)F)cc1. The fourth-order valence-corrected chi connectivity index (χ4v) is 2.25. The minimum Gasteiger partial charge on any atom is -0.496 e. The summed E-state index contributed by atoms with van der Waals surface area (Å²) >= 11 is 6.14. The van der Waals surface area contributed by atoms with E-state index in [9.17, 15) is 8.78 Å². The first-order valence-electron chi connectivity index (χ1n) is 6.51. The first kappa shape index (κ1) is 15.7. The Hall–Kier alpha value is -1.65. The zero-order valence-corrected chi connectivity index (χ0v) is 12.3. The quantitative estimate of drug-likeness (QED) is 0.843. The lowest BCUT2D eigenvalue weighted by Crippen LogP contribution is -2.13. The molecule has 0 bridgehead atoms. The van der Waals surface area contributed by atoms with Crippen LogP contribution in [0, 0.1) is 0 Å². The maximum absolute atomic E-state index is 12.5. The molecule has 0 saturated carbocycles. The number of benzene rings is 2. The van der Waals surface area contributed by atoms with E-state index >= 15 is 0 Å². The fraction of sp³-hybridized carbons (Fsp3) is 0.250. The largest absolute Gasteiger partial charge is 0.496 e. The molecule has 0 atom stereocenters. The fourth-order valence-electron chi connectivity index (χ4n) is 2.01. The molecule has 0 radical (unpaired) electrons. The first-order valence-corrected chi connectivity index (χ1v) is 6.88. The molecule has 2 nitrogen and oxygen atoms in total. The van der Waals surface area contributed by atoms with Crippen LogP contribution in [0.25, 0.3) is 0 Å². The van der Waals surface area contributed by atoms with Crippen molar-refractivity contribution in [3.63, 3.8) is 0 Å². The summed E-state index contributed by atoms with van der Waals surface area (Å²) in [6.45, 7) is 1.11. The molecule has 2 aromatic rings. The van der Waals surface area contributed by atoms with E-state index < -0.39 is 6.43 Å². The lowest BCUT2D eigenvalue weighted by atomic mass is 10.1. The molecule has 21 heavy (non-hydrogen) atoms. The second kappa shape index (κ2) is 7.38. The van der Waals surface area contributed by atoms with E-state index in [4.69, 9.17) is 16.3 Å². The zero-order valence-electron chi connectivity index (χ0n) is 11.6. The van der Waals surface area contributed by atoms with Gasteiger partial charge in [0.05, 0.1) is 7.11 Å². The van der Waals surface area contributed by atoms with Gasteiger partial charge in [0.25, 0.3) is 6.43 Å². The summed E-state index contributed by atoms with van der Waals surface area (Å²) in [6.07, 6.45) is -2.43. The van der Waals surface area contributed by atoms with Gasteiger partial charge in [0, 0.05) is 29.2 Å². The summed E-state index contributed by atoms with van der Waals surface area (Å²) in [5.41, 5.74) is 1.85. The van der Waals surface area contributed by atoms with Gasteiger partial charge in [-0.1, -0.05) is 41.9 Å². The summed E-state index contributed by atoms with van der Waals surface area (Å²) in [7, 11) is 1.60. The summed E-state index contributed by atoms with van der Waals surface area (Å²) in [4.78, 5) is 0. The predicted molar refractivity (Wildman–Crippen MR) is 79.9 cm³/mol. The molecule has 2 rings (SSSR count). The van der Waals surface area contributed by atoms with Gasteiger partial charge >= 0.3 is 0 Å². The molecule has 0 spiro atoms. The third-order valence-corrected chi connectivity index (χ3v) is 3.51. The number of alkyl halides is 2. The van der Waals surface area contributed by atoms with Crippen LogP contribution in [0.3, 0.4) is 0 Å². The van der Waals surface area contributed by atoms with E-state index in [2.05, 4.69) is 5.32 Å². The monoisotopic (exact) mass is 311 g/mol. The highest BCUT2D eigenvalue weighted by Crippen LogP contribution is 2.26. The maximum Gasteiger partial charge on any atom is 0.263 e. The highest BCUT2D eigenvalue weighted by atomic mass is 35.5. The second-order valence-electron chi connectivity index (χ2n) is 4.57. The van der Waals surface area contributed by atoms with E-state index in [1.165, 1.54) is 12.1 Å². The van der Waals surface area contributed by atoms with Crippen molar-refractivity contribution in [1.82, 2.24) is 5.32 Å². The number of halogens is 3. The molecule has 1 N–H and O–H groups in total. The Morgan fingerprint density at radius 1 is 1.10 bits per heavy atom. The Morgan fingerprint density at radius 2 is 1.81 bits per heavy atom. The van der Waals surface area contributed by atoms with Crippen molar-refractivity contribution in [3.8, 4) is 5.75 Å². The molecular formula is C16H16ClF2NO. The van der Waals surface area contributed by atoms with Crippen molar-refractivity contribution in [2.75, 3.05) is 7.11 Å². The van der Waals surface area contributed by atoms with Crippen LogP contribution in [0.4, 0.5) is 8.78 Å². The van der Waals surface area contributed by atoms with Crippen LogP contribution in [0.2, 0.25) is 5.02 Å². The van der Waals surface area contributed by atoms with Crippen molar-refractivity contribution in [3.05, 3.63) is 64.2 Å². The Labute approximate surface area is 127 Å². The van der Waals surface area contributed by atoms with Crippen LogP contribution >= 0.6 is 11.6 Å². The van der Waals surface area contributed by atoms with Gasteiger partial charge in [-0.05, 0) is 17.7 Å². The average molecular weight is 312 g/mol. The standard InChI is InChI=1S/C16H16ClF2NO/c1-21-15-4-2-3-14(17)13(15)10-20-9-11-5-7-12(8-6-11)16(18)19/h2-8,16,20H,9-10H2,1H3. The second-order valence-corrected chi connectivity index (χ2v) is 4.97. The van der Waals surface area contributed by atoms with Crippen LogP contribution in [-0.2, 0) is 13.1 Å². The Morgan fingerprint density at radius 3 is 2.43 bits per heavy atom. The molecule has 0 aliphatic heterocycles. The predicted octanol–water partition coefficient (Wildman–Crippen LogP) is 4.58. The number of rotatable bonds is 6. The van der Waals surface area contributed by atoms with Crippen molar-refractivity contribution < 1.29 is 13.5 Å². The Bertz CT molecular complexity index is 587. The van der Waals surface area contributed by atoms with Gasteiger partial charge in [-0.3, -0.25) is 0 Å². The minimum absolute atomic E-state index is 0.0338. The highest BCUT2D eigenvalue weighted by molar-refractivity contribution is 6.31. The first-order chi connectivity index (χ1) is 10.1. The Kier molecular flexibility index (Phi) is 5.53. The highest BCUT2D eigenvalue weighted by Gasteiger charge is 2.08. The van der Waals surface area contributed by atoms with E-state index in [1.807, 2.05) is 12.1 Å². The van der Waals surface area contributed by atoms with E-state index in [-0.39, 0.29) is 5.56 Å². The van der Waals surface area contributed by atoms with Crippen molar-refractivity contribution in [1.29, 1.82) is 0 Å². The van der Waals surface area contributed by atoms with Gasteiger partial charge in [0.15, 0.2) is 0 Å². The van der Waals surface area contributed by atoms with Crippen molar-refractivity contribution >= 4 is 11.6 Å². The third kappa shape index (κ3) is 4.16. The van der Waals surface area contributed by atoms with Crippen molar-refractivity contribution in [2.45, 2.75) is 19.5 Å². The van der Waals surface area contributed by atoms with Gasteiger partial charge < -0.3 is 10.1 Å². The van der Waals surface area contributed by atoms with Crippen LogP contribution < -0.4 is 10.1 Å². The molecule has 112 valence electrons. The number of ether oxygens (including phenoxy) is 1. The lowest BCUT2D eigenvalue weighted by molar-refractivity contribution is 0.151. The number of methoxy groups -OCH3 is 1. The van der Waals surface area contributed by atoms with E-state index in [1.54, 1.807) is 25.3 Å². The molecule has 0 saturated heterocycles. The van der Waals surface area contributed by atoms with Crippen LogP contribution in [0.1, 0.15) is 23.1 Å². The molecule has 2 aromatic carbocycles. The lowest BCUT2D eigenvalue weighted by Gasteiger charge is -2.11. The van der Waals surface area contributed by atoms with Crippen LogP contribution in [0.15, 0.2) is 42.5 Å². The van der Waals surface area contributed by atoms with Gasteiger partial charge in [-0.25, -0.2) is 8.78 Å². The van der Waals surface area contributed by atoms with Gasteiger partial charge in [0.2, 0.25) is 0 Å². The van der Waals surface area contributed by atoms with Crippen LogP contribution in [0.5, 0.6) is 5.75 Å².